The highest BCUT2D eigenvalue weighted by atomic mass is 35.5. The van der Waals surface area contributed by atoms with Gasteiger partial charge in [-0.15, -0.1) is 11.8 Å². The molecule has 1 aliphatic rings. The van der Waals surface area contributed by atoms with E-state index in [4.69, 9.17) is 11.6 Å². The second-order valence-electron chi connectivity index (χ2n) is 4.68. The maximum Gasteiger partial charge on any atom is 0.257 e. The highest BCUT2D eigenvalue weighted by Crippen LogP contribution is 2.36. The van der Waals surface area contributed by atoms with Gasteiger partial charge in [0.1, 0.15) is 5.82 Å². The standard InChI is InChI=1S/C15H11ClFNO2S/c16-9-3-1-8(2-4-9)7-21-13-6-12-10(5-11(13)17)14(19)15(20)18-12/h1-6,14,19H,7H2,(H,18,20). The van der Waals surface area contributed by atoms with Gasteiger partial charge in [-0.2, -0.15) is 0 Å². The second-order valence-corrected chi connectivity index (χ2v) is 6.13. The molecule has 108 valence electrons. The number of carbonyl (C=O) groups is 1. The van der Waals surface area contributed by atoms with Crippen molar-refractivity contribution in [3.8, 4) is 0 Å². The summed E-state index contributed by atoms with van der Waals surface area (Å²) in [6.07, 6.45) is -1.29. The molecule has 0 aromatic heterocycles. The van der Waals surface area contributed by atoms with Gasteiger partial charge in [0.15, 0.2) is 6.10 Å². The smallest absolute Gasteiger partial charge is 0.257 e. The molecule has 0 saturated carbocycles. The Bertz CT molecular complexity index is 706. The molecule has 0 bridgehead atoms. The first kappa shape index (κ1) is 14.4. The van der Waals surface area contributed by atoms with Gasteiger partial charge in [0.2, 0.25) is 0 Å². The van der Waals surface area contributed by atoms with Gasteiger partial charge in [-0.1, -0.05) is 23.7 Å². The zero-order valence-corrected chi connectivity index (χ0v) is 12.3. The van der Waals surface area contributed by atoms with Gasteiger partial charge in [0.05, 0.1) is 0 Å². The second kappa shape index (κ2) is 5.67. The lowest BCUT2D eigenvalue weighted by Gasteiger charge is -2.07. The number of aliphatic hydroxyl groups is 1. The minimum absolute atomic E-state index is 0.286. The van der Waals surface area contributed by atoms with Crippen LogP contribution in [0.3, 0.4) is 0 Å². The predicted molar refractivity (Wildman–Crippen MR) is 81.0 cm³/mol. The van der Waals surface area contributed by atoms with Crippen LogP contribution >= 0.6 is 23.4 Å². The van der Waals surface area contributed by atoms with Crippen molar-refractivity contribution in [2.75, 3.05) is 5.32 Å². The number of amides is 1. The molecule has 2 aromatic carbocycles. The molecule has 2 N–H and O–H groups in total. The predicted octanol–water partition coefficient (Wildman–Crippen LogP) is 3.76. The summed E-state index contributed by atoms with van der Waals surface area (Å²) in [6, 6.07) is 10.1. The van der Waals surface area contributed by atoms with Gasteiger partial charge in [-0.3, -0.25) is 4.79 Å². The molecule has 1 aliphatic heterocycles. The molecule has 1 heterocycles. The van der Waals surface area contributed by atoms with Crippen LogP contribution in [0.1, 0.15) is 17.2 Å². The summed E-state index contributed by atoms with van der Waals surface area (Å²) >= 11 is 7.14. The van der Waals surface area contributed by atoms with Gasteiger partial charge < -0.3 is 10.4 Å². The molecule has 2 aromatic rings. The Morgan fingerprint density at radius 2 is 2.00 bits per heavy atom. The van der Waals surface area contributed by atoms with E-state index in [1.54, 1.807) is 18.2 Å². The molecule has 0 fully saturated rings. The summed E-state index contributed by atoms with van der Waals surface area (Å²) in [7, 11) is 0. The minimum Gasteiger partial charge on any atom is -0.378 e. The van der Waals surface area contributed by atoms with E-state index in [1.165, 1.54) is 17.8 Å². The Kier molecular flexibility index (Phi) is 3.89. The highest BCUT2D eigenvalue weighted by Gasteiger charge is 2.29. The van der Waals surface area contributed by atoms with Gasteiger partial charge in [-0.25, -0.2) is 4.39 Å². The van der Waals surface area contributed by atoms with Gasteiger partial charge in [0.25, 0.3) is 5.91 Å². The van der Waals surface area contributed by atoms with Crippen LogP contribution < -0.4 is 5.32 Å². The summed E-state index contributed by atoms with van der Waals surface area (Å²) in [6.45, 7) is 0. The first-order valence-electron chi connectivity index (χ1n) is 6.24. The van der Waals surface area contributed by atoms with Gasteiger partial charge in [0, 0.05) is 26.9 Å². The van der Waals surface area contributed by atoms with E-state index in [1.807, 2.05) is 12.1 Å². The molecular formula is C15H11ClFNO2S. The third-order valence-electron chi connectivity index (χ3n) is 3.21. The van der Waals surface area contributed by atoms with E-state index in [2.05, 4.69) is 5.32 Å². The van der Waals surface area contributed by atoms with Crippen molar-refractivity contribution in [2.24, 2.45) is 0 Å². The van der Waals surface area contributed by atoms with Gasteiger partial charge >= 0.3 is 0 Å². The molecule has 1 amide bonds. The summed E-state index contributed by atoms with van der Waals surface area (Å²) in [5, 5.41) is 12.8. The average molecular weight is 324 g/mol. The normalized spacial score (nSPS) is 16.7. The maximum atomic E-state index is 14.0. The SMILES string of the molecule is O=C1Nc2cc(SCc3ccc(Cl)cc3)c(F)cc2C1O. The van der Waals surface area contributed by atoms with E-state index in [-0.39, 0.29) is 5.56 Å². The fourth-order valence-corrected chi connectivity index (χ4v) is 3.14. The molecule has 0 aliphatic carbocycles. The topological polar surface area (TPSA) is 49.3 Å². The number of carbonyl (C=O) groups excluding carboxylic acids is 1. The van der Waals surface area contributed by atoms with Crippen LogP contribution in [-0.4, -0.2) is 11.0 Å². The Hall–Kier alpha value is -1.56. The lowest BCUT2D eigenvalue weighted by atomic mass is 10.1. The summed E-state index contributed by atoms with van der Waals surface area (Å²) in [4.78, 5) is 11.8. The number of hydrogen-bond acceptors (Lipinski definition) is 3. The van der Waals surface area contributed by atoms with E-state index < -0.39 is 17.8 Å². The van der Waals surface area contributed by atoms with Crippen LogP contribution in [0.2, 0.25) is 5.02 Å². The van der Waals surface area contributed by atoms with Crippen molar-refractivity contribution in [1.82, 2.24) is 0 Å². The zero-order chi connectivity index (χ0) is 15.0. The van der Waals surface area contributed by atoms with Crippen LogP contribution in [0, 0.1) is 5.82 Å². The van der Waals surface area contributed by atoms with Crippen molar-refractivity contribution in [3.63, 3.8) is 0 Å². The fourth-order valence-electron chi connectivity index (χ4n) is 2.10. The summed E-state index contributed by atoms with van der Waals surface area (Å²) in [5.74, 6) is -0.379. The van der Waals surface area contributed by atoms with Crippen molar-refractivity contribution in [3.05, 3.63) is 58.4 Å². The molecule has 1 unspecified atom stereocenters. The fraction of sp³-hybridized carbons (Fsp3) is 0.133. The molecule has 3 rings (SSSR count). The number of thioether (sulfide) groups is 1. The summed E-state index contributed by atoms with van der Waals surface area (Å²) < 4.78 is 14.0. The molecule has 1 atom stereocenters. The Labute approximate surface area is 130 Å². The third kappa shape index (κ3) is 2.90. The number of aliphatic hydroxyl groups excluding tert-OH is 1. The number of halogens is 2. The first-order valence-corrected chi connectivity index (χ1v) is 7.60. The van der Waals surface area contributed by atoms with E-state index in [0.717, 1.165) is 5.56 Å². The van der Waals surface area contributed by atoms with E-state index >= 15 is 0 Å². The summed E-state index contributed by atoms with van der Waals surface area (Å²) in [5.41, 5.74) is 1.77. The monoisotopic (exact) mass is 323 g/mol. The third-order valence-corrected chi connectivity index (χ3v) is 4.57. The largest absolute Gasteiger partial charge is 0.378 e. The van der Waals surface area contributed by atoms with Crippen molar-refractivity contribution in [2.45, 2.75) is 16.8 Å². The number of benzene rings is 2. The zero-order valence-electron chi connectivity index (χ0n) is 10.8. The Balaban J connectivity index is 1.79. The van der Waals surface area contributed by atoms with Crippen LogP contribution in [0.25, 0.3) is 0 Å². The number of rotatable bonds is 3. The number of fused-ring (bicyclic) bond motifs is 1. The number of anilines is 1. The highest BCUT2D eigenvalue weighted by molar-refractivity contribution is 7.98. The lowest BCUT2D eigenvalue weighted by Crippen LogP contribution is -2.10. The van der Waals surface area contributed by atoms with Gasteiger partial charge in [-0.05, 0) is 29.8 Å². The van der Waals surface area contributed by atoms with E-state index in [9.17, 15) is 14.3 Å². The minimum atomic E-state index is -1.29. The molecule has 21 heavy (non-hydrogen) atoms. The first-order chi connectivity index (χ1) is 10.0. The van der Waals surface area contributed by atoms with Crippen molar-refractivity contribution in [1.29, 1.82) is 0 Å². The van der Waals surface area contributed by atoms with E-state index in [0.29, 0.717) is 21.4 Å². The molecule has 3 nitrogen and oxygen atoms in total. The van der Waals surface area contributed by atoms with Crippen LogP contribution in [-0.2, 0) is 10.5 Å². The lowest BCUT2D eigenvalue weighted by molar-refractivity contribution is -0.123. The van der Waals surface area contributed by atoms with Crippen molar-refractivity contribution < 1.29 is 14.3 Å². The number of hydrogen-bond donors (Lipinski definition) is 2. The van der Waals surface area contributed by atoms with Crippen LogP contribution in [0.5, 0.6) is 0 Å². The quantitative estimate of drug-likeness (QED) is 0.846. The van der Waals surface area contributed by atoms with Crippen LogP contribution in [0.4, 0.5) is 10.1 Å². The molecular weight excluding hydrogens is 313 g/mol. The molecule has 6 heteroatoms. The van der Waals surface area contributed by atoms with Crippen molar-refractivity contribution >= 4 is 35.0 Å². The molecule has 0 saturated heterocycles. The average Bonchev–Trinajstić information content (AvgIpc) is 2.73. The number of nitrogens with one attached hydrogen (secondary N) is 1. The maximum absolute atomic E-state index is 14.0. The Morgan fingerprint density at radius 3 is 2.71 bits per heavy atom. The molecule has 0 spiro atoms. The molecule has 0 radical (unpaired) electrons. The Morgan fingerprint density at radius 1 is 1.29 bits per heavy atom. The van der Waals surface area contributed by atoms with Crippen LogP contribution in [0.15, 0.2) is 41.3 Å².